The molecule has 0 fully saturated rings. The molecular weight excluding hydrogens is 377 g/mol. The molecule has 0 aliphatic carbocycles. The van der Waals surface area contributed by atoms with Crippen LogP contribution in [-0.2, 0) is 17.9 Å². The first-order valence-corrected chi connectivity index (χ1v) is 9.80. The van der Waals surface area contributed by atoms with Crippen molar-refractivity contribution in [3.05, 3.63) is 64.5 Å². The second-order valence-electron chi connectivity index (χ2n) is 6.51. The topological polar surface area (TPSA) is 56.1 Å². The summed E-state index contributed by atoms with van der Waals surface area (Å²) in [5.74, 6) is 0.356. The summed E-state index contributed by atoms with van der Waals surface area (Å²) in [5, 5.41) is 3.42. The number of aryl methyl sites for hydroxylation is 1. The van der Waals surface area contributed by atoms with Crippen LogP contribution in [0.1, 0.15) is 21.1 Å². The molecule has 0 unspecified atom stereocenters. The maximum Gasteiger partial charge on any atom is 0.261 e. The van der Waals surface area contributed by atoms with E-state index < -0.39 is 0 Å². The van der Waals surface area contributed by atoms with Gasteiger partial charge in [-0.1, -0.05) is 18.2 Å². The number of carbonyl (C=O) groups is 1. The quantitative estimate of drug-likeness (QED) is 0.528. The molecule has 0 spiro atoms. The van der Waals surface area contributed by atoms with Crippen LogP contribution in [0.5, 0.6) is 0 Å². The number of benzene rings is 2. The van der Waals surface area contributed by atoms with E-state index in [9.17, 15) is 9.18 Å². The molecule has 2 aromatic heterocycles. The van der Waals surface area contributed by atoms with Gasteiger partial charge in [-0.15, -0.1) is 11.3 Å². The number of amides is 1. The number of methoxy groups -OCH3 is 1. The number of ether oxygens (including phenoxy) is 1. The van der Waals surface area contributed by atoms with Gasteiger partial charge in [-0.25, -0.2) is 9.37 Å². The van der Waals surface area contributed by atoms with Crippen LogP contribution >= 0.6 is 11.3 Å². The van der Waals surface area contributed by atoms with Crippen LogP contribution in [0.2, 0.25) is 0 Å². The van der Waals surface area contributed by atoms with Crippen LogP contribution in [-0.4, -0.2) is 29.1 Å². The van der Waals surface area contributed by atoms with Crippen molar-refractivity contribution in [1.82, 2.24) is 14.9 Å². The van der Waals surface area contributed by atoms with Crippen LogP contribution in [0.15, 0.2) is 42.5 Å². The lowest BCUT2D eigenvalue weighted by Crippen LogP contribution is -2.27. The second-order valence-corrected chi connectivity index (χ2v) is 7.56. The third-order valence-electron chi connectivity index (χ3n) is 4.72. The average Bonchev–Trinajstić information content (AvgIpc) is 3.21. The highest BCUT2D eigenvalue weighted by atomic mass is 32.1. The summed E-state index contributed by atoms with van der Waals surface area (Å²) in [6.45, 7) is 3.20. The number of fused-ring (bicyclic) bond motifs is 2. The molecule has 28 heavy (non-hydrogen) atoms. The van der Waals surface area contributed by atoms with E-state index in [-0.39, 0.29) is 18.3 Å². The van der Waals surface area contributed by atoms with Gasteiger partial charge >= 0.3 is 0 Å². The molecular formula is C21H20FN3O2S. The van der Waals surface area contributed by atoms with Crippen molar-refractivity contribution in [2.45, 2.75) is 20.1 Å². The number of nitrogens with one attached hydrogen (secondary N) is 1. The Hall–Kier alpha value is -2.77. The number of thiophene rings is 1. The zero-order valence-electron chi connectivity index (χ0n) is 15.7. The van der Waals surface area contributed by atoms with Gasteiger partial charge in [0.1, 0.15) is 11.6 Å². The third kappa shape index (κ3) is 3.27. The summed E-state index contributed by atoms with van der Waals surface area (Å²) in [4.78, 5) is 17.8. The van der Waals surface area contributed by atoms with Crippen molar-refractivity contribution in [3.8, 4) is 0 Å². The number of para-hydroxylation sites is 2. The number of hydrogen-bond acceptors (Lipinski definition) is 4. The van der Waals surface area contributed by atoms with Gasteiger partial charge in [0.15, 0.2) is 0 Å². The van der Waals surface area contributed by atoms with E-state index >= 15 is 0 Å². The van der Waals surface area contributed by atoms with Crippen LogP contribution in [0.25, 0.3) is 21.1 Å². The SMILES string of the molecule is COCc1c(C(=O)NCCn2c(C)nc3ccccc32)sc2cccc(F)c12. The van der Waals surface area contributed by atoms with Crippen LogP contribution < -0.4 is 5.32 Å². The largest absolute Gasteiger partial charge is 0.380 e. The lowest BCUT2D eigenvalue weighted by atomic mass is 10.1. The monoisotopic (exact) mass is 397 g/mol. The Morgan fingerprint density at radius 3 is 2.89 bits per heavy atom. The number of carbonyl (C=O) groups excluding carboxylic acids is 1. The molecule has 0 bridgehead atoms. The highest BCUT2D eigenvalue weighted by Gasteiger charge is 2.20. The minimum absolute atomic E-state index is 0.189. The molecule has 0 radical (unpaired) electrons. The van der Waals surface area contributed by atoms with Crippen molar-refractivity contribution in [2.24, 2.45) is 0 Å². The molecule has 144 valence electrons. The third-order valence-corrected chi connectivity index (χ3v) is 5.92. The van der Waals surface area contributed by atoms with E-state index in [0.717, 1.165) is 21.6 Å². The second kappa shape index (κ2) is 7.69. The Morgan fingerprint density at radius 1 is 1.25 bits per heavy atom. The number of halogens is 1. The Labute approximate surface area is 165 Å². The molecule has 4 rings (SSSR count). The van der Waals surface area contributed by atoms with E-state index in [4.69, 9.17) is 4.74 Å². The molecule has 2 heterocycles. The predicted octanol–water partition coefficient (Wildman–Crippen LogP) is 4.27. The lowest BCUT2D eigenvalue weighted by Gasteiger charge is -2.09. The van der Waals surface area contributed by atoms with Crippen molar-refractivity contribution in [2.75, 3.05) is 13.7 Å². The molecule has 0 aliphatic rings. The smallest absolute Gasteiger partial charge is 0.261 e. The van der Waals surface area contributed by atoms with E-state index in [0.29, 0.717) is 28.9 Å². The van der Waals surface area contributed by atoms with Crippen molar-refractivity contribution < 1.29 is 13.9 Å². The molecule has 0 atom stereocenters. The van der Waals surface area contributed by atoms with Crippen LogP contribution in [0.3, 0.4) is 0 Å². The van der Waals surface area contributed by atoms with Gasteiger partial charge in [0.25, 0.3) is 5.91 Å². The fraction of sp³-hybridized carbons (Fsp3) is 0.238. The molecule has 0 aliphatic heterocycles. The first-order valence-electron chi connectivity index (χ1n) is 8.99. The van der Waals surface area contributed by atoms with Gasteiger partial charge in [-0.05, 0) is 31.2 Å². The average molecular weight is 397 g/mol. The van der Waals surface area contributed by atoms with Crippen LogP contribution in [0.4, 0.5) is 4.39 Å². The van der Waals surface area contributed by atoms with Gasteiger partial charge in [-0.2, -0.15) is 0 Å². The fourth-order valence-electron chi connectivity index (χ4n) is 3.47. The summed E-state index contributed by atoms with van der Waals surface area (Å²) >= 11 is 1.29. The standard InChI is InChI=1S/C21H20FN3O2S/c1-13-24-16-7-3-4-8-17(16)25(13)11-10-23-21(26)20-14(12-27-2)19-15(22)6-5-9-18(19)28-20/h3-9H,10-12H2,1-2H3,(H,23,26). The Morgan fingerprint density at radius 2 is 2.07 bits per heavy atom. The Kier molecular flexibility index (Phi) is 5.11. The predicted molar refractivity (Wildman–Crippen MR) is 109 cm³/mol. The molecule has 2 aromatic carbocycles. The van der Waals surface area contributed by atoms with Crippen LogP contribution in [0, 0.1) is 12.7 Å². The zero-order chi connectivity index (χ0) is 19.7. The van der Waals surface area contributed by atoms with Gasteiger partial charge in [0.05, 0.1) is 22.5 Å². The van der Waals surface area contributed by atoms with Crippen molar-refractivity contribution in [3.63, 3.8) is 0 Å². The number of rotatable bonds is 6. The molecule has 1 amide bonds. The summed E-state index contributed by atoms with van der Waals surface area (Å²) < 4.78 is 22.3. The normalized spacial score (nSPS) is 11.4. The maximum atomic E-state index is 14.3. The lowest BCUT2D eigenvalue weighted by molar-refractivity contribution is 0.0952. The number of hydrogen-bond donors (Lipinski definition) is 1. The van der Waals surface area contributed by atoms with Gasteiger partial charge in [-0.3, -0.25) is 4.79 Å². The van der Waals surface area contributed by atoms with Gasteiger partial charge in [0, 0.05) is 35.8 Å². The van der Waals surface area contributed by atoms with Crippen molar-refractivity contribution >= 4 is 38.4 Å². The zero-order valence-corrected chi connectivity index (χ0v) is 16.5. The maximum absolute atomic E-state index is 14.3. The Balaban J connectivity index is 1.55. The summed E-state index contributed by atoms with van der Waals surface area (Å²) in [5.41, 5.74) is 2.58. The number of aromatic nitrogens is 2. The summed E-state index contributed by atoms with van der Waals surface area (Å²) in [7, 11) is 1.54. The minimum atomic E-state index is -0.333. The molecule has 1 N–H and O–H groups in total. The van der Waals surface area contributed by atoms with Crippen molar-refractivity contribution in [1.29, 1.82) is 0 Å². The molecule has 0 saturated heterocycles. The van der Waals surface area contributed by atoms with E-state index in [2.05, 4.69) is 14.9 Å². The highest BCUT2D eigenvalue weighted by Crippen LogP contribution is 2.33. The molecule has 4 aromatic rings. The van der Waals surface area contributed by atoms with E-state index in [1.807, 2.05) is 37.3 Å². The summed E-state index contributed by atoms with van der Waals surface area (Å²) in [6, 6.07) is 12.8. The van der Waals surface area contributed by atoms with Gasteiger partial charge in [0.2, 0.25) is 0 Å². The van der Waals surface area contributed by atoms with E-state index in [1.165, 1.54) is 17.4 Å². The minimum Gasteiger partial charge on any atom is -0.380 e. The van der Waals surface area contributed by atoms with Gasteiger partial charge < -0.3 is 14.6 Å². The molecule has 0 saturated carbocycles. The Bertz CT molecular complexity index is 1170. The molecule has 7 heteroatoms. The number of nitrogens with zero attached hydrogens (tertiary/aromatic N) is 2. The highest BCUT2D eigenvalue weighted by molar-refractivity contribution is 7.21. The summed E-state index contributed by atoms with van der Waals surface area (Å²) in [6.07, 6.45) is 0. The first-order chi connectivity index (χ1) is 13.6. The number of imidazole rings is 1. The molecule has 5 nitrogen and oxygen atoms in total. The fourth-order valence-corrected chi connectivity index (χ4v) is 4.61. The first kappa shape index (κ1) is 18.6. The van der Waals surface area contributed by atoms with E-state index in [1.54, 1.807) is 13.2 Å².